The minimum absolute atomic E-state index is 0.00741. The molecule has 0 aromatic carbocycles. The Bertz CT molecular complexity index is 1560. The number of rotatable bonds is 14. The molecule has 13 nitrogen and oxygen atoms in total. The summed E-state index contributed by atoms with van der Waals surface area (Å²) in [5, 5.41) is 39.2. The van der Waals surface area contributed by atoms with Crippen molar-refractivity contribution in [2.45, 2.75) is 224 Å². The van der Waals surface area contributed by atoms with Crippen molar-refractivity contribution in [1.29, 1.82) is 0 Å². The Labute approximate surface area is 358 Å². The van der Waals surface area contributed by atoms with E-state index in [4.69, 9.17) is 23.7 Å². The molecule has 5 N–H and O–H groups in total. The van der Waals surface area contributed by atoms with E-state index in [-0.39, 0.29) is 53.9 Å². The number of ether oxygens (including phenoxy) is 5. The zero-order valence-electron chi connectivity index (χ0n) is 38.1. The summed E-state index contributed by atoms with van der Waals surface area (Å²) < 4.78 is 34.5. The van der Waals surface area contributed by atoms with Crippen LogP contribution in [0.4, 0.5) is 4.79 Å². The lowest BCUT2D eigenvalue weighted by Crippen LogP contribution is -2.66. The number of Topliss-reactive ketones (excluding diaryl/α,β-unsaturated/α-hetero) is 1. The minimum atomic E-state index is -1.30. The lowest BCUT2D eigenvalue weighted by Gasteiger charge is -2.55. The van der Waals surface area contributed by atoms with E-state index in [1.54, 1.807) is 6.92 Å². The number of amides is 2. The molecule has 0 aromatic heterocycles. The van der Waals surface area contributed by atoms with Crippen molar-refractivity contribution < 1.29 is 53.4 Å². The molecule has 2 spiro atoms. The van der Waals surface area contributed by atoms with E-state index < -0.39 is 76.8 Å². The molecule has 0 aromatic rings. The monoisotopic (exact) mass is 847 g/mol. The smallest absolute Gasteiger partial charge is 0.315 e. The molecule has 13 heteroatoms. The summed E-state index contributed by atoms with van der Waals surface area (Å²) in [6, 6.07) is -0.777. The summed E-state index contributed by atoms with van der Waals surface area (Å²) >= 11 is 0. The van der Waals surface area contributed by atoms with Crippen LogP contribution in [0.15, 0.2) is 12.2 Å². The fourth-order valence-corrected chi connectivity index (χ4v) is 11.6. The standard InChI is InChI=1S/C47H78N2O11/c1-11-33(42(52)53)35-18-17-26(4)40(57-35)30(8)38(50)29(7)39(51)34(12-2)41-27(5)25-28(6)46(58-41)22-19-36(49-43(54)48-32-15-14-16-32)47(60-46)24-23-44(10,59-47)37-20-21-45(55,13-3)31(9)56-37/h19,22,26-38,40-41,50,55H,11-18,20-21,23-25H2,1-10H3,(H,52,53)(H2,48,49,54)/t26-,27-,28+,29-,30-,31-,33+,34?,35+,36?,37+,38+,40+,41-,44-,45+,46-,47-/m0/s1. The minimum Gasteiger partial charge on any atom is -0.481 e. The molecule has 0 radical (unpaired) electrons. The zero-order valence-corrected chi connectivity index (χ0v) is 38.1. The maximum Gasteiger partial charge on any atom is 0.315 e. The van der Waals surface area contributed by atoms with E-state index in [0.717, 1.165) is 25.7 Å². The molecule has 5 fully saturated rings. The first-order valence-corrected chi connectivity index (χ1v) is 23.6. The number of carboxylic acids is 1. The van der Waals surface area contributed by atoms with Crippen molar-refractivity contribution in [2.24, 2.45) is 41.4 Å². The normalized spacial score (nSPS) is 43.4. The van der Waals surface area contributed by atoms with E-state index in [1.807, 2.05) is 53.7 Å². The van der Waals surface area contributed by atoms with Crippen LogP contribution < -0.4 is 10.6 Å². The summed E-state index contributed by atoms with van der Waals surface area (Å²) in [5.74, 6) is -5.86. The number of urea groups is 1. The SMILES string of the molecule is CCC(C(=O)[C@@H](C)[C@@H](O)[C@H](C)[C@@H]1O[C@@H]([C@@H](CC)C(=O)O)CC[C@@H]1C)[C@H]1O[C@]2(C=CC(NC(=O)NC3CCC3)[C@]3(CC[C@@](C)([C@H]4CC[C@](O)(CC)[C@H](C)O4)O3)O2)[C@H](C)C[C@@H]1C. The van der Waals surface area contributed by atoms with Gasteiger partial charge in [-0.2, -0.15) is 0 Å². The van der Waals surface area contributed by atoms with Crippen LogP contribution in [0, 0.1) is 41.4 Å². The van der Waals surface area contributed by atoms with Gasteiger partial charge in [-0.3, -0.25) is 9.59 Å². The van der Waals surface area contributed by atoms with Gasteiger partial charge in [0.15, 0.2) is 11.6 Å². The molecular weight excluding hydrogens is 769 g/mol. The number of aliphatic hydroxyl groups excluding tert-OH is 1. The summed E-state index contributed by atoms with van der Waals surface area (Å²) in [7, 11) is 0. The maximum absolute atomic E-state index is 14.7. The Hall–Kier alpha value is -2.13. The lowest BCUT2D eigenvalue weighted by molar-refractivity contribution is -0.397. The molecule has 0 bridgehead atoms. The van der Waals surface area contributed by atoms with Crippen LogP contribution in [0.1, 0.15) is 153 Å². The van der Waals surface area contributed by atoms with Gasteiger partial charge in [0.2, 0.25) is 0 Å². The summed E-state index contributed by atoms with van der Waals surface area (Å²) in [5.41, 5.74) is -1.68. The van der Waals surface area contributed by atoms with Gasteiger partial charge in [0.25, 0.3) is 0 Å². The number of aliphatic hydroxyl groups is 2. The molecule has 6 aliphatic rings. The van der Waals surface area contributed by atoms with E-state index in [9.17, 15) is 29.7 Å². The van der Waals surface area contributed by atoms with Gasteiger partial charge < -0.3 is 49.6 Å². The van der Waals surface area contributed by atoms with Gasteiger partial charge in [0.1, 0.15) is 11.8 Å². The number of hydrogen-bond donors (Lipinski definition) is 5. The Morgan fingerprint density at radius 2 is 1.55 bits per heavy atom. The molecule has 2 amide bonds. The third kappa shape index (κ3) is 9.11. The first kappa shape index (κ1) is 47.4. The molecule has 5 heterocycles. The average molecular weight is 847 g/mol. The second-order valence-electron chi connectivity index (χ2n) is 20.2. The summed E-state index contributed by atoms with van der Waals surface area (Å²) in [6.07, 6.45) is 9.75. The van der Waals surface area contributed by atoms with Crippen molar-refractivity contribution in [3.8, 4) is 0 Å². The largest absolute Gasteiger partial charge is 0.481 e. The van der Waals surface area contributed by atoms with Crippen molar-refractivity contribution in [2.75, 3.05) is 0 Å². The molecule has 60 heavy (non-hydrogen) atoms. The zero-order chi connectivity index (χ0) is 43.9. The molecule has 342 valence electrons. The Morgan fingerprint density at radius 3 is 2.15 bits per heavy atom. The second kappa shape index (κ2) is 18.5. The predicted octanol–water partition coefficient (Wildman–Crippen LogP) is 7.05. The molecule has 4 saturated heterocycles. The van der Waals surface area contributed by atoms with E-state index in [1.165, 1.54) is 0 Å². The highest BCUT2D eigenvalue weighted by atomic mass is 16.8. The van der Waals surface area contributed by atoms with E-state index in [2.05, 4.69) is 31.4 Å². The average Bonchev–Trinajstić information content (AvgIpc) is 3.54. The summed E-state index contributed by atoms with van der Waals surface area (Å²) in [6.45, 7) is 19.7. The highest BCUT2D eigenvalue weighted by Gasteiger charge is 2.63. The number of nitrogens with one attached hydrogen (secondary N) is 2. The van der Waals surface area contributed by atoms with Gasteiger partial charge in [-0.15, -0.1) is 0 Å². The maximum atomic E-state index is 14.7. The first-order valence-electron chi connectivity index (χ1n) is 23.6. The highest BCUT2D eigenvalue weighted by Crippen LogP contribution is 2.54. The number of carbonyl (C=O) groups excluding carboxylic acids is 2. The quantitative estimate of drug-likeness (QED) is 0.113. The predicted molar refractivity (Wildman–Crippen MR) is 226 cm³/mol. The van der Waals surface area contributed by atoms with Crippen LogP contribution >= 0.6 is 0 Å². The van der Waals surface area contributed by atoms with Gasteiger partial charge >= 0.3 is 12.0 Å². The number of aliphatic carboxylic acids is 1. The third-order valence-corrected chi connectivity index (χ3v) is 16.2. The van der Waals surface area contributed by atoms with Crippen molar-refractivity contribution in [3.63, 3.8) is 0 Å². The highest BCUT2D eigenvalue weighted by molar-refractivity contribution is 5.84. The van der Waals surface area contributed by atoms with E-state index in [0.29, 0.717) is 57.8 Å². The fourth-order valence-electron chi connectivity index (χ4n) is 11.6. The van der Waals surface area contributed by atoms with Gasteiger partial charge in [-0.1, -0.05) is 61.5 Å². The van der Waals surface area contributed by atoms with Crippen LogP contribution in [-0.4, -0.2) is 105 Å². The Balaban J connectivity index is 1.23. The Morgan fingerprint density at radius 1 is 0.850 bits per heavy atom. The number of hydrogen-bond acceptors (Lipinski definition) is 10. The molecule has 2 unspecified atom stereocenters. The van der Waals surface area contributed by atoms with Crippen molar-refractivity contribution in [1.82, 2.24) is 10.6 Å². The third-order valence-electron chi connectivity index (χ3n) is 16.2. The van der Waals surface area contributed by atoms with Crippen molar-refractivity contribution >= 4 is 17.8 Å². The molecule has 1 aliphatic carbocycles. The molecular formula is C47H78N2O11. The molecule has 5 aliphatic heterocycles. The van der Waals surface area contributed by atoms with Crippen LogP contribution in [0.2, 0.25) is 0 Å². The number of carbonyl (C=O) groups is 3. The number of ketones is 1. The van der Waals surface area contributed by atoms with Gasteiger partial charge in [0.05, 0.1) is 53.7 Å². The Kier molecular flexibility index (Phi) is 14.6. The number of carboxylic acid groups (broad SMARTS) is 1. The van der Waals surface area contributed by atoms with Crippen LogP contribution in [0.25, 0.3) is 0 Å². The lowest BCUT2D eigenvalue weighted by atomic mass is 9.72. The summed E-state index contributed by atoms with van der Waals surface area (Å²) in [4.78, 5) is 40.1. The van der Waals surface area contributed by atoms with Gasteiger partial charge in [-0.25, -0.2) is 4.79 Å². The molecule has 1 saturated carbocycles. The fraction of sp³-hybridized carbons (Fsp3) is 0.894. The molecule has 18 atom stereocenters. The topological polar surface area (TPSA) is 182 Å². The van der Waals surface area contributed by atoms with Crippen molar-refractivity contribution in [3.05, 3.63) is 12.2 Å². The van der Waals surface area contributed by atoms with Crippen LogP contribution in [-0.2, 0) is 33.3 Å². The van der Waals surface area contributed by atoms with Crippen LogP contribution in [0.3, 0.4) is 0 Å². The van der Waals surface area contributed by atoms with Gasteiger partial charge in [-0.05, 0) is 109 Å². The second-order valence-corrected chi connectivity index (χ2v) is 20.2. The first-order chi connectivity index (χ1) is 28.3. The van der Waals surface area contributed by atoms with E-state index >= 15 is 0 Å². The van der Waals surface area contributed by atoms with Crippen LogP contribution in [0.5, 0.6) is 0 Å². The molecule has 6 rings (SSSR count). The van der Waals surface area contributed by atoms with Gasteiger partial charge in [0, 0.05) is 36.1 Å².